The lowest BCUT2D eigenvalue weighted by Crippen LogP contribution is -2.46. The maximum Gasteiger partial charge on any atom is 0.327 e. The number of nitrogens with two attached hydrogens (primary N) is 1. The molecule has 2 aliphatic rings. The maximum absolute atomic E-state index is 11.5. The summed E-state index contributed by atoms with van der Waals surface area (Å²) in [6.45, 7) is 0.815. The second kappa shape index (κ2) is 8.60. The highest BCUT2D eigenvalue weighted by Gasteiger charge is 2.29. The minimum atomic E-state index is -0.260. The zero-order valence-electron chi connectivity index (χ0n) is 12.5. The summed E-state index contributed by atoms with van der Waals surface area (Å²) >= 11 is 0. The quantitative estimate of drug-likeness (QED) is 0.578. The first-order valence-electron chi connectivity index (χ1n) is 8.22. The van der Waals surface area contributed by atoms with Gasteiger partial charge in [0.1, 0.15) is 0 Å². The van der Waals surface area contributed by atoms with Crippen molar-refractivity contribution in [2.75, 3.05) is 6.54 Å². The molecule has 0 aromatic carbocycles. The van der Waals surface area contributed by atoms with Crippen LogP contribution in [0.25, 0.3) is 0 Å². The van der Waals surface area contributed by atoms with E-state index in [1.807, 2.05) is 5.59 Å². The summed E-state index contributed by atoms with van der Waals surface area (Å²) in [5.41, 5.74) is 1.98. The van der Waals surface area contributed by atoms with Gasteiger partial charge in [0.2, 0.25) is 0 Å². The van der Waals surface area contributed by atoms with Crippen LogP contribution >= 0.6 is 0 Å². The normalized spacial score (nSPS) is 22.1. The third-order valence-corrected chi connectivity index (χ3v) is 4.83. The Balaban J connectivity index is 1.89. The average molecular weight is 283 g/mol. The Morgan fingerprint density at radius 3 is 1.95 bits per heavy atom. The smallest absolute Gasteiger partial charge is 0.327 e. The maximum atomic E-state index is 11.5. The molecule has 2 saturated carbocycles. The minimum Gasteiger partial charge on any atom is -0.356 e. The van der Waals surface area contributed by atoms with E-state index in [1.165, 1.54) is 64.2 Å². The van der Waals surface area contributed by atoms with E-state index in [-0.39, 0.29) is 5.97 Å². The first-order valence-corrected chi connectivity index (χ1v) is 8.22. The molecule has 2 aliphatic carbocycles. The van der Waals surface area contributed by atoms with Gasteiger partial charge < -0.3 is 4.84 Å². The Kier molecular flexibility index (Phi) is 6.76. The lowest BCUT2D eigenvalue weighted by molar-refractivity contribution is -0.152. The largest absolute Gasteiger partial charge is 0.356 e. The third-order valence-electron chi connectivity index (χ3n) is 4.83. The molecular formula is C15H29N3O2. The summed E-state index contributed by atoms with van der Waals surface area (Å²) in [7, 11) is 0. The molecule has 20 heavy (non-hydrogen) atoms. The lowest BCUT2D eigenvalue weighted by atomic mass is 9.88. The van der Waals surface area contributed by atoms with E-state index < -0.39 is 0 Å². The van der Waals surface area contributed by atoms with Crippen molar-refractivity contribution >= 4 is 5.97 Å². The van der Waals surface area contributed by atoms with Crippen LogP contribution in [0, 0.1) is 0 Å². The molecule has 0 saturated heterocycles. The fraction of sp³-hybridized carbons (Fsp3) is 0.933. The molecule has 0 aromatic heterocycles. The van der Waals surface area contributed by atoms with Gasteiger partial charge in [-0.2, -0.15) is 0 Å². The van der Waals surface area contributed by atoms with Crippen molar-refractivity contribution in [1.82, 2.24) is 10.5 Å². The first-order chi connectivity index (χ1) is 9.81. The van der Waals surface area contributed by atoms with Crippen LogP contribution in [-0.4, -0.2) is 29.5 Å². The van der Waals surface area contributed by atoms with E-state index in [4.69, 9.17) is 5.84 Å². The highest BCUT2D eigenvalue weighted by Crippen LogP contribution is 2.30. The van der Waals surface area contributed by atoms with Gasteiger partial charge in [-0.05, 0) is 25.7 Å². The number of hydrogen-bond acceptors (Lipinski definition) is 5. The number of hydrogen-bond donors (Lipinski definition) is 2. The van der Waals surface area contributed by atoms with E-state index in [1.54, 1.807) is 0 Å². The number of nitrogens with one attached hydrogen (secondary N) is 1. The molecule has 0 aliphatic heterocycles. The van der Waals surface area contributed by atoms with Gasteiger partial charge in [-0.25, -0.2) is 5.84 Å². The van der Waals surface area contributed by atoms with Crippen LogP contribution < -0.4 is 11.4 Å². The molecule has 0 amide bonds. The average Bonchev–Trinajstić information content (AvgIpc) is 2.50. The monoisotopic (exact) mass is 283 g/mol. The van der Waals surface area contributed by atoms with Gasteiger partial charge in [-0.1, -0.05) is 44.1 Å². The Labute approximate surface area is 122 Å². The van der Waals surface area contributed by atoms with Crippen molar-refractivity contribution in [3.05, 3.63) is 0 Å². The molecule has 0 aromatic rings. The van der Waals surface area contributed by atoms with Crippen molar-refractivity contribution in [3.8, 4) is 0 Å². The van der Waals surface area contributed by atoms with Crippen molar-refractivity contribution in [2.24, 2.45) is 5.84 Å². The topological polar surface area (TPSA) is 67.6 Å². The fourth-order valence-electron chi connectivity index (χ4n) is 3.83. The number of hydrazine groups is 1. The highest BCUT2D eigenvalue weighted by atomic mass is 16.7. The predicted octanol–water partition coefficient (Wildman–Crippen LogP) is 2.27. The summed E-state index contributed by atoms with van der Waals surface area (Å²) in [6.07, 6.45) is 13.7. The molecule has 0 spiro atoms. The van der Waals surface area contributed by atoms with Crippen LogP contribution in [0.3, 0.4) is 0 Å². The molecular weight excluding hydrogens is 254 g/mol. The van der Waals surface area contributed by atoms with Crippen LogP contribution in [0.2, 0.25) is 0 Å². The third kappa shape index (κ3) is 4.72. The second-order valence-electron chi connectivity index (χ2n) is 6.16. The van der Waals surface area contributed by atoms with Crippen molar-refractivity contribution in [1.29, 1.82) is 0 Å². The number of carbonyl (C=O) groups is 1. The lowest BCUT2D eigenvalue weighted by Gasteiger charge is -2.41. The highest BCUT2D eigenvalue weighted by molar-refractivity contribution is 5.69. The summed E-state index contributed by atoms with van der Waals surface area (Å²) in [5.74, 6) is 4.75. The van der Waals surface area contributed by atoms with Crippen LogP contribution in [0.5, 0.6) is 0 Å². The molecule has 0 unspecified atom stereocenters. The van der Waals surface area contributed by atoms with Gasteiger partial charge in [-0.15, -0.1) is 0 Å². The van der Waals surface area contributed by atoms with Crippen LogP contribution in [-0.2, 0) is 9.63 Å². The summed E-state index contributed by atoms with van der Waals surface area (Å²) in [6, 6.07) is 1.34. The van der Waals surface area contributed by atoms with Crippen molar-refractivity contribution < 1.29 is 9.63 Å². The van der Waals surface area contributed by atoms with Crippen molar-refractivity contribution in [2.45, 2.75) is 82.7 Å². The Morgan fingerprint density at radius 1 is 1.00 bits per heavy atom. The molecule has 0 heterocycles. The van der Waals surface area contributed by atoms with E-state index >= 15 is 0 Å². The van der Waals surface area contributed by atoms with E-state index in [0.717, 1.165) is 6.54 Å². The predicted molar refractivity (Wildman–Crippen MR) is 78.5 cm³/mol. The standard InChI is InChI=1S/C15H29N3O2/c16-17-20-15(19)11-12-18(13-7-3-1-4-8-13)14-9-5-2-6-10-14/h13-14,17H,1-12,16H2. The number of carbonyl (C=O) groups excluding carboxylic acids is 1. The number of nitrogens with zero attached hydrogens (tertiary/aromatic N) is 1. The summed E-state index contributed by atoms with van der Waals surface area (Å²) in [5, 5.41) is 0. The molecule has 5 nitrogen and oxygen atoms in total. The Bertz CT molecular complexity index is 269. The molecule has 5 heteroatoms. The van der Waals surface area contributed by atoms with Gasteiger partial charge in [0.15, 0.2) is 0 Å². The molecule has 0 atom stereocenters. The van der Waals surface area contributed by atoms with E-state index in [0.29, 0.717) is 18.5 Å². The molecule has 116 valence electrons. The van der Waals surface area contributed by atoms with Gasteiger partial charge >= 0.3 is 5.97 Å². The van der Waals surface area contributed by atoms with E-state index in [9.17, 15) is 4.79 Å². The van der Waals surface area contributed by atoms with Crippen LogP contribution in [0.4, 0.5) is 0 Å². The number of rotatable bonds is 6. The van der Waals surface area contributed by atoms with Gasteiger partial charge in [0.05, 0.1) is 6.42 Å². The Hall–Kier alpha value is -0.650. The molecule has 0 bridgehead atoms. The van der Waals surface area contributed by atoms with Gasteiger partial charge in [-0.3, -0.25) is 9.69 Å². The zero-order valence-corrected chi connectivity index (χ0v) is 12.5. The first kappa shape index (κ1) is 15.7. The molecule has 0 radical (unpaired) electrons. The SMILES string of the molecule is NNOC(=O)CCN(C1CCCCC1)C1CCCCC1. The Morgan fingerprint density at radius 2 is 1.50 bits per heavy atom. The van der Waals surface area contributed by atoms with Crippen molar-refractivity contribution in [3.63, 3.8) is 0 Å². The minimum absolute atomic E-state index is 0.260. The van der Waals surface area contributed by atoms with Gasteiger partial charge in [0.25, 0.3) is 0 Å². The molecule has 2 rings (SSSR count). The second-order valence-corrected chi connectivity index (χ2v) is 6.16. The van der Waals surface area contributed by atoms with E-state index in [2.05, 4.69) is 9.74 Å². The molecule has 3 N–H and O–H groups in total. The zero-order chi connectivity index (χ0) is 14.2. The van der Waals surface area contributed by atoms with Gasteiger partial charge in [0, 0.05) is 18.6 Å². The molecule has 2 fully saturated rings. The fourth-order valence-corrected chi connectivity index (χ4v) is 3.83. The summed E-state index contributed by atoms with van der Waals surface area (Å²) in [4.78, 5) is 18.8. The van der Waals surface area contributed by atoms with Crippen LogP contribution in [0.15, 0.2) is 0 Å². The summed E-state index contributed by atoms with van der Waals surface area (Å²) < 4.78 is 0. The van der Waals surface area contributed by atoms with Crippen LogP contribution in [0.1, 0.15) is 70.6 Å².